The average molecular weight is 658 g/mol. The van der Waals surface area contributed by atoms with Crippen LogP contribution in [-0.2, 0) is 5.41 Å². The van der Waals surface area contributed by atoms with E-state index in [-0.39, 0.29) is 5.41 Å². The molecule has 0 amide bonds. The molecule has 9 aromatic rings. The maximum atomic E-state index is 5.12. The molecular weight excluding hydrogens is 627 g/mol. The van der Waals surface area contributed by atoms with Crippen molar-refractivity contribution >= 4 is 42.3 Å². The van der Waals surface area contributed by atoms with Crippen molar-refractivity contribution in [1.29, 1.82) is 0 Å². The van der Waals surface area contributed by atoms with Gasteiger partial charge in [-0.1, -0.05) is 147 Å². The first-order valence-corrected chi connectivity index (χ1v) is 17.8. The van der Waals surface area contributed by atoms with Crippen molar-refractivity contribution in [1.82, 2.24) is 15.0 Å². The van der Waals surface area contributed by atoms with E-state index in [9.17, 15) is 0 Å². The molecule has 0 unspecified atom stereocenters. The van der Waals surface area contributed by atoms with Gasteiger partial charge in [0.05, 0.1) is 0 Å². The molecule has 0 N–H and O–H groups in total. The lowest BCUT2D eigenvalue weighted by Gasteiger charge is -2.21. The van der Waals surface area contributed by atoms with Gasteiger partial charge in [0.2, 0.25) is 0 Å². The number of nitrogens with zero attached hydrogens (tertiary/aromatic N) is 3. The van der Waals surface area contributed by atoms with E-state index in [1.807, 2.05) is 29.5 Å². The van der Waals surface area contributed by atoms with Gasteiger partial charge in [-0.3, -0.25) is 0 Å². The van der Waals surface area contributed by atoms with Gasteiger partial charge in [0, 0.05) is 42.3 Å². The standard InChI is InChI=1S/C46H31N3S/c1-46(2)37-17-9-8-15-35(37)36-25-23-32(27-38(36)46)45-48-43(30-12-4-3-5-13-30)47-44(49-45)31-21-19-29(20-22-31)34-16-10-18-39-41(34)42-33-14-7-6-11-28(33)24-26-40(42)50-39/h3-27H,1-2H3. The maximum absolute atomic E-state index is 5.12. The Labute approximate surface area is 294 Å². The molecule has 2 aromatic heterocycles. The van der Waals surface area contributed by atoms with Crippen molar-refractivity contribution < 1.29 is 0 Å². The summed E-state index contributed by atoms with van der Waals surface area (Å²) in [7, 11) is 0. The minimum atomic E-state index is -0.112. The molecule has 0 saturated heterocycles. The second-order valence-electron chi connectivity index (χ2n) is 13.6. The third-order valence-electron chi connectivity index (χ3n) is 10.4. The highest BCUT2D eigenvalue weighted by Gasteiger charge is 2.35. The SMILES string of the molecule is CC1(C)c2ccccc2-c2ccc(-c3nc(-c4ccccc4)nc(-c4ccc(-c5cccc6sc7ccc8ccccc8c7c56)cc4)n3)cc21. The molecule has 4 heteroatoms. The molecule has 0 radical (unpaired) electrons. The number of aromatic nitrogens is 3. The van der Waals surface area contributed by atoms with Crippen LogP contribution in [-0.4, -0.2) is 15.0 Å². The summed E-state index contributed by atoms with van der Waals surface area (Å²) >= 11 is 1.86. The number of thiophene rings is 1. The second kappa shape index (κ2) is 11.0. The zero-order valence-corrected chi connectivity index (χ0v) is 28.5. The van der Waals surface area contributed by atoms with Crippen molar-refractivity contribution in [3.05, 3.63) is 163 Å². The smallest absolute Gasteiger partial charge is 0.164 e. The Morgan fingerprint density at radius 1 is 0.420 bits per heavy atom. The van der Waals surface area contributed by atoms with E-state index in [1.165, 1.54) is 64.3 Å². The quantitative estimate of drug-likeness (QED) is 0.189. The topological polar surface area (TPSA) is 38.7 Å². The Kier molecular flexibility index (Phi) is 6.39. The number of hydrogen-bond acceptors (Lipinski definition) is 4. The fraction of sp³-hybridized carbons (Fsp3) is 0.0652. The molecule has 1 aliphatic rings. The summed E-state index contributed by atoms with van der Waals surface area (Å²) in [5.74, 6) is 2.00. The summed E-state index contributed by atoms with van der Waals surface area (Å²) in [5.41, 5.74) is 10.4. The fourth-order valence-corrected chi connectivity index (χ4v) is 8.97. The molecule has 0 atom stereocenters. The van der Waals surface area contributed by atoms with Crippen LogP contribution in [0.4, 0.5) is 0 Å². The molecule has 3 nitrogen and oxygen atoms in total. The molecule has 236 valence electrons. The Hall–Kier alpha value is -5.97. The maximum Gasteiger partial charge on any atom is 0.164 e. The largest absolute Gasteiger partial charge is 0.208 e. The number of hydrogen-bond donors (Lipinski definition) is 0. The van der Waals surface area contributed by atoms with Crippen LogP contribution in [0, 0.1) is 0 Å². The lowest BCUT2D eigenvalue weighted by Crippen LogP contribution is -2.15. The van der Waals surface area contributed by atoms with Crippen LogP contribution >= 0.6 is 11.3 Å². The van der Waals surface area contributed by atoms with Gasteiger partial charge in [-0.25, -0.2) is 15.0 Å². The summed E-state index contributed by atoms with van der Waals surface area (Å²) < 4.78 is 2.61. The van der Waals surface area contributed by atoms with Gasteiger partial charge in [-0.15, -0.1) is 11.3 Å². The minimum Gasteiger partial charge on any atom is -0.208 e. The van der Waals surface area contributed by atoms with Crippen molar-refractivity contribution in [3.8, 4) is 56.4 Å². The third-order valence-corrected chi connectivity index (χ3v) is 11.5. The van der Waals surface area contributed by atoms with E-state index in [4.69, 9.17) is 15.0 Å². The average Bonchev–Trinajstić information content (AvgIpc) is 3.67. The Morgan fingerprint density at radius 2 is 1.02 bits per heavy atom. The summed E-state index contributed by atoms with van der Waals surface area (Å²) in [6.07, 6.45) is 0. The second-order valence-corrected chi connectivity index (χ2v) is 14.7. The highest BCUT2D eigenvalue weighted by atomic mass is 32.1. The van der Waals surface area contributed by atoms with Crippen molar-refractivity contribution in [2.45, 2.75) is 19.3 Å². The highest BCUT2D eigenvalue weighted by Crippen LogP contribution is 2.49. The van der Waals surface area contributed by atoms with E-state index in [1.54, 1.807) is 0 Å². The van der Waals surface area contributed by atoms with Crippen LogP contribution in [0.3, 0.4) is 0 Å². The predicted octanol–water partition coefficient (Wildman–Crippen LogP) is 12.4. The zero-order chi connectivity index (χ0) is 33.4. The van der Waals surface area contributed by atoms with Gasteiger partial charge in [0.25, 0.3) is 0 Å². The lowest BCUT2D eigenvalue weighted by atomic mass is 9.82. The Morgan fingerprint density at radius 3 is 1.84 bits per heavy atom. The molecule has 0 aliphatic heterocycles. The molecule has 1 aliphatic carbocycles. The monoisotopic (exact) mass is 657 g/mol. The normalized spacial score (nSPS) is 13.2. The lowest BCUT2D eigenvalue weighted by molar-refractivity contribution is 0.660. The number of rotatable bonds is 4. The van der Waals surface area contributed by atoms with Crippen molar-refractivity contribution in [2.24, 2.45) is 0 Å². The summed E-state index contributed by atoms with van der Waals surface area (Å²) in [6.45, 7) is 4.61. The van der Waals surface area contributed by atoms with E-state index < -0.39 is 0 Å². The first-order chi connectivity index (χ1) is 24.5. The van der Waals surface area contributed by atoms with Gasteiger partial charge in [0.15, 0.2) is 17.5 Å². The summed E-state index contributed by atoms with van der Waals surface area (Å²) in [5, 5.41) is 5.21. The van der Waals surface area contributed by atoms with Gasteiger partial charge >= 0.3 is 0 Å². The van der Waals surface area contributed by atoms with Gasteiger partial charge < -0.3 is 0 Å². The minimum absolute atomic E-state index is 0.112. The molecule has 0 bridgehead atoms. The molecule has 0 fully saturated rings. The van der Waals surface area contributed by atoms with Crippen LogP contribution in [0.5, 0.6) is 0 Å². The molecule has 0 saturated carbocycles. The van der Waals surface area contributed by atoms with E-state index in [0.717, 1.165) is 16.7 Å². The number of fused-ring (bicyclic) bond motifs is 8. The Bertz CT molecular complexity index is 2780. The van der Waals surface area contributed by atoms with Crippen LogP contribution < -0.4 is 0 Å². The zero-order valence-electron chi connectivity index (χ0n) is 27.7. The van der Waals surface area contributed by atoms with Crippen LogP contribution in [0.15, 0.2) is 152 Å². The molecule has 7 aromatic carbocycles. The summed E-state index contributed by atoms with van der Waals surface area (Å²) in [4.78, 5) is 15.2. The van der Waals surface area contributed by atoms with E-state index in [0.29, 0.717) is 17.5 Å². The molecular formula is C46H31N3S. The van der Waals surface area contributed by atoms with Gasteiger partial charge in [-0.05, 0) is 62.4 Å². The van der Waals surface area contributed by atoms with Crippen LogP contribution in [0.2, 0.25) is 0 Å². The van der Waals surface area contributed by atoms with E-state index >= 15 is 0 Å². The predicted molar refractivity (Wildman–Crippen MR) is 210 cm³/mol. The summed E-state index contributed by atoms with van der Waals surface area (Å²) in [6, 6.07) is 54.2. The van der Waals surface area contributed by atoms with E-state index in [2.05, 4.69) is 147 Å². The van der Waals surface area contributed by atoms with Gasteiger partial charge in [0.1, 0.15) is 0 Å². The van der Waals surface area contributed by atoms with Crippen LogP contribution in [0.1, 0.15) is 25.0 Å². The first kappa shape index (κ1) is 29.0. The third kappa shape index (κ3) is 4.45. The van der Waals surface area contributed by atoms with Gasteiger partial charge in [-0.2, -0.15) is 0 Å². The Balaban J connectivity index is 1.10. The first-order valence-electron chi connectivity index (χ1n) is 17.0. The molecule has 10 rings (SSSR count). The van der Waals surface area contributed by atoms with Crippen molar-refractivity contribution in [3.63, 3.8) is 0 Å². The fourth-order valence-electron chi connectivity index (χ4n) is 7.82. The highest BCUT2D eigenvalue weighted by molar-refractivity contribution is 7.26. The van der Waals surface area contributed by atoms with Crippen LogP contribution in [0.25, 0.3) is 87.4 Å². The van der Waals surface area contributed by atoms with Crippen molar-refractivity contribution in [2.75, 3.05) is 0 Å². The molecule has 50 heavy (non-hydrogen) atoms. The molecule has 2 heterocycles. The molecule has 0 spiro atoms. The number of benzene rings is 7.